The molecule has 146 valence electrons. The van der Waals surface area contributed by atoms with Crippen molar-refractivity contribution in [3.63, 3.8) is 0 Å². The number of amides is 1. The van der Waals surface area contributed by atoms with Crippen molar-refractivity contribution in [2.24, 2.45) is 0 Å². The van der Waals surface area contributed by atoms with Gasteiger partial charge in [0, 0.05) is 18.7 Å². The van der Waals surface area contributed by atoms with Crippen LogP contribution >= 0.6 is 0 Å². The van der Waals surface area contributed by atoms with Crippen LogP contribution in [0.3, 0.4) is 0 Å². The van der Waals surface area contributed by atoms with E-state index >= 15 is 0 Å². The maximum Gasteiger partial charge on any atom is 0.251 e. The van der Waals surface area contributed by atoms with Crippen LogP contribution in [0, 0.1) is 20.8 Å². The van der Waals surface area contributed by atoms with Gasteiger partial charge in [-0.2, -0.15) is 4.31 Å². The summed E-state index contributed by atoms with van der Waals surface area (Å²) in [5.41, 5.74) is 1.72. The molecule has 0 aliphatic carbocycles. The fraction of sp³-hybridized carbons (Fsp3) is 0.474. The van der Waals surface area contributed by atoms with Gasteiger partial charge in [0.1, 0.15) is 5.76 Å². The van der Waals surface area contributed by atoms with E-state index in [0.717, 1.165) is 25.0 Å². The van der Waals surface area contributed by atoms with E-state index in [0.29, 0.717) is 35.9 Å². The molecular weight excluding hydrogens is 366 g/mol. The molecule has 0 atom stereocenters. The summed E-state index contributed by atoms with van der Waals surface area (Å²) in [7, 11) is -3.60. The largest absolute Gasteiger partial charge is 0.444 e. The number of nitrogens with one attached hydrogen (secondary N) is 1. The van der Waals surface area contributed by atoms with Gasteiger partial charge >= 0.3 is 0 Å². The molecule has 3 rings (SSSR count). The smallest absolute Gasteiger partial charge is 0.251 e. The number of aromatic nitrogens is 1. The van der Waals surface area contributed by atoms with Crippen molar-refractivity contribution in [1.82, 2.24) is 14.6 Å². The van der Waals surface area contributed by atoms with Crippen LogP contribution in [0.15, 0.2) is 27.5 Å². The maximum absolute atomic E-state index is 13.0. The molecule has 0 bridgehead atoms. The summed E-state index contributed by atoms with van der Waals surface area (Å²) in [6.07, 6.45) is 2.79. The van der Waals surface area contributed by atoms with Gasteiger partial charge in [-0.1, -0.05) is 12.5 Å². The monoisotopic (exact) mass is 391 g/mol. The van der Waals surface area contributed by atoms with Gasteiger partial charge in [-0.15, -0.1) is 0 Å². The van der Waals surface area contributed by atoms with Gasteiger partial charge in [0.25, 0.3) is 5.91 Å². The van der Waals surface area contributed by atoms with Crippen molar-refractivity contribution in [1.29, 1.82) is 0 Å². The lowest BCUT2D eigenvalue weighted by molar-refractivity contribution is 0.0947. The molecular formula is C19H25N3O4S. The molecule has 8 heteroatoms. The Morgan fingerprint density at radius 1 is 1.19 bits per heavy atom. The minimum atomic E-state index is -3.60. The molecule has 1 amide bonds. The number of benzene rings is 1. The van der Waals surface area contributed by atoms with Crippen LogP contribution in [0.1, 0.15) is 52.5 Å². The number of carbonyl (C=O) groups is 1. The van der Waals surface area contributed by atoms with Gasteiger partial charge in [0.05, 0.1) is 17.1 Å². The Labute approximate surface area is 159 Å². The summed E-state index contributed by atoms with van der Waals surface area (Å²) in [5, 5.41) is 2.73. The SMILES string of the molecule is Cc1ccc(C(=O)NCc2nc(C)c(C)o2)cc1S(=O)(=O)N1CCCCC1. The topological polar surface area (TPSA) is 92.5 Å². The number of rotatable bonds is 5. The second-order valence-electron chi connectivity index (χ2n) is 6.88. The third-order valence-electron chi connectivity index (χ3n) is 4.86. The van der Waals surface area contributed by atoms with Gasteiger partial charge in [-0.05, 0) is 51.3 Å². The first-order chi connectivity index (χ1) is 12.8. The molecule has 1 aliphatic rings. The lowest BCUT2D eigenvalue weighted by atomic mass is 10.1. The van der Waals surface area contributed by atoms with Gasteiger partial charge in [0.2, 0.25) is 15.9 Å². The molecule has 1 aromatic heterocycles. The van der Waals surface area contributed by atoms with Gasteiger partial charge < -0.3 is 9.73 Å². The summed E-state index contributed by atoms with van der Waals surface area (Å²) in [6.45, 7) is 6.60. The minimum Gasteiger partial charge on any atom is -0.444 e. The second kappa shape index (κ2) is 7.82. The van der Waals surface area contributed by atoms with Crippen LogP contribution in [0.4, 0.5) is 0 Å². The highest BCUT2D eigenvalue weighted by Crippen LogP contribution is 2.24. The molecule has 0 radical (unpaired) electrons. The van der Waals surface area contributed by atoms with Gasteiger partial charge in [0.15, 0.2) is 0 Å². The zero-order valence-corrected chi connectivity index (χ0v) is 16.7. The zero-order chi connectivity index (χ0) is 19.6. The van der Waals surface area contributed by atoms with Crippen molar-refractivity contribution < 1.29 is 17.6 Å². The number of oxazole rings is 1. The lowest BCUT2D eigenvalue weighted by Crippen LogP contribution is -2.36. The van der Waals surface area contributed by atoms with Crippen molar-refractivity contribution in [3.05, 3.63) is 46.7 Å². The Hall–Kier alpha value is -2.19. The zero-order valence-electron chi connectivity index (χ0n) is 15.9. The van der Waals surface area contributed by atoms with E-state index < -0.39 is 10.0 Å². The average Bonchev–Trinajstić information content (AvgIpc) is 2.98. The molecule has 2 heterocycles. The number of piperidine rings is 1. The highest BCUT2D eigenvalue weighted by Gasteiger charge is 2.28. The van der Waals surface area contributed by atoms with E-state index in [-0.39, 0.29) is 17.3 Å². The van der Waals surface area contributed by atoms with Gasteiger partial charge in [-0.3, -0.25) is 4.79 Å². The predicted octanol–water partition coefficient (Wildman–Crippen LogP) is 2.70. The standard InChI is InChI=1S/C19H25N3O4S/c1-13-7-8-16(19(23)20-12-18-21-14(2)15(3)26-18)11-17(13)27(24,25)22-9-5-4-6-10-22/h7-8,11H,4-6,9-10,12H2,1-3H3,(H,20,23). The molecule has 0 spiro atoms. The van der Waals surface area contributed by atoms with Crippen LogP contribution in [-0.4, -0.2) is 36.7 Å². The first kappa shape index (κ1) is 19.6. The van der Waals surface area contributed by atoms with Crippen molar-refractivity contribution in [2.75, 3.05) is 13.1 Å². The van der Waals surface area contributed by atoms with Crippen LogP contribution in [-0.2, 0) is 16.6 Å². The second-order valence-corrected chi connectivity index (χ2v) is 8.78. The van der Waals surface area contributed by atoms with Crippen LogP contribution in [0.25, 0.3) is 0 Å². The quantitative estimate of drug-likeness (QED) is 0.846. The van der Waals surface area contributed by atoms with Gasteiger partial charge in [-0.25, -0.2) is 13.4 Å². The number of sulfonamides is 1. The molecule has 1 fully saturated rings. The molecule has 1 aliphatic heterocycles. The highest BCUT2D eigenvalue weighted by molar-refractivity contribution is 7.89. The first-order valence-electron chi connectivity index (χ1n) is 9.11. The maximum atomic E-state index is 13.0. The van der Waals surface area contributed by atoms with E-state index in [1.54, 1.807) is 19.1 Å². The van der Waals surface area contributed by atoms with E-state index in [1.807, 2.05) is 13.8 Å². The highest BCUT2D eigenvalue weighted by atomic mass is 32.2. The Bertz CT molecular complexity index is 924. The van der Waals surface area contributed by atoms with Crippen molar-refractivity contribution in [2.45, 2.75) is 51.5 Å². The average molecular weight is 391 g/mol. The van der Waals surface area contributed by atoms with Crippen molar-refractivity contribution >= 4 is 15.9 Å². The van der Waals surface area contributed by atoms with Crippen LogP contribution in [0.2, 0.25) is 0 Å². The Morgan fingerprint density at radius 2 is 1.89 bits per heavy atom. The Morgan fingerprint density at radius 3 is 2.52 bits per heavy atom. The molecule has 1 saturated heterocycles. The molecule has 0 unspecified atom stereocenters. The summed E-state index contributed by atoms with van der Waals surface area (Å²) >= 11 is 0. The van der Waals surface area contributed by atoms with E-state index in [9.17, 15) is 13.2 Å². The van der Waals surface area contributed by atoms with Crippen molar-refractivity contribution in [3.8, 4) is 0 Å². The molecule has 7 nitrogen and oxygen atoms in total. The molecule has 27 heavy (non-hydrogen) atoms. The Kier molecular flexibility index (Phi) is 5.67. The lowest BCUT2D eigenvalue weighted by Gasteiger charge is -2.26. The van der Waals surface area contributed by atoms with E-state index in [2.05, 4.69) is 10.3 Å². The minimum absolute atomic E-state index is 0.148. The number of carbonyl (C=O) groups excluding carboxylic acids is 1. The first-order valence-corrected chi connectivity index (χ1v) is 10.5. The predicted molar refractivity (Wildman–Crippen MR) is 101 cm³/mol. The van der Waals surface area contributed by atoms with Crippen LogP contribution < -0.4 is 5.32 Å². The summed E-state index contributed by atoms with van der Waals surface area (Å²) in [4.78, 5) is 16.9. The number of hydrogen-bond acceptors (Lipinski definition) is 5. The number of aryl methyl sites for hydroxylation is 3. The number of hydrogen-bond donors (Lipinski definition) is 1. The summed E-state index contributed by atoms with van der Waals surface area (Å²) in [5.74, 6) is 0.773. The fourth-order valence-corrected chi connectivity index (χ4v) is 4.90. The third-order valence-corrected chi connectivity index (χ3v) is 6.90. The molecule has 2 aromatic rings. The third kappa shape index (κ3) is 4.22. The molecule has 1 N–H and O–H groups in total. The normalized spacial score (nSPS) is 15.7. The molecule has 0 saturated carbocycles. The Balaban J connectivity index is 1.78. The van der Waals surface area contributed by atoms with E-state index in [4.69, 9.17) is 4.42 Å². The summed E-state index contributed by atoms with van der Waals surface area (Å²) in [6, 6.07) is 4.76. The summed E-state index contributed by atoms with van der Waals surface area (Å²) < 4.78 is 32.9. The fourth-order valence-electron chi connectivity index (χ4n) is 3.14. The van der Waals surface area contributed by atoms with E-state index in [1.165, 1.54) is 10.4 Å². The van der Waals surface area contributed by atoms with Crippen LogP contribution in [0.5, 0.6) is 0 Å². The molecule has 1 aromatic carbocycles. The number of nitrogens with zero attached hydrogens (tertiary/aromatic N) is 2.